The Morgan fingerprint density at radius 1 is 1.77 bits per heavy atom. The van der Waals surface area contributed by atoms with Gasteiger partial charge in [0, 0.05) is 29.7 Å². The Balaban J connectivity index is 2.28. The maximum Gasteiger partial charge on any atom is 0.0897 e. The van der Waals surface area contributed by atoms with Gasteiger partial charge in [0.2, 0.25) is 0 Å². The lowest BCUT2D eigenvalue weighted by Crippen LogP contribution is -2.14. The molecule has 0 amide bonds. The summed E-state index contributed by atoms with van der Waals surface area (Å²) in [6.45, 7) is 5.71. The van der Waals surface area contributed by atoms with Crippen LogP contribution < -0.4 is 5.32 Å². The average molecular weight is 217 g/mol. The van der Waals surface area contributed by atoms with Crippen LogP contribution in [-0.2, 0) is 6.54 Å². The van der Waals surface area contributed by atoms with Crippen LogP contribution in [0.15, 0.2) is 17.3 Å². The van der Waals surface area contributed by atoms with E-state index in [1.165, 1.54) is 4.88 Å². The quantitative estimate of drug-likeness (QED) is 0.837. The SMILES string of the molecule is CC(=CCl)CNCc1cnc(C)s1. The van der Waals surface area contributed by atoms with Gasteiger partial charge in [-0.2, -0.15) is 0 Å². The first kappa shape index (κ1) is 10.7. The van der Waals surface area contributed by atoms with Gasteiger partial charge in [0.05, 0.1) is 5.01 Å². The van der Waals surface area contributed by atoms with E-state index >= 15 is 0 Å². The number of nitrogens with one attached hydrogen (secondary N) is 1. The Hall–Kier alpha value is -0.380. The highest BCUT2D eigenvalue weighted by Gasteiger charge is 1.96. The minimum Gasteiger partial charge on any atom is -0.308 e. The van der Waals surface area contributed by atoms with Crippen molar-refractivity contribution in [2.75, 3.05) is 6.54 Å². The molecule has 0 saturated heterocycles. The molecule has 0 spiro atoms. The molecule has 1 N–H and O–H groups in total. The van der Waals surface area contributed by atoms with Crippen LogP contribution in [0.25, 0.3) is 0 Å². The van der Waals surface area contributed by atoms with Crippen LogP contribution in [0, 0.1) is 6.92 Å². The highest BCUT2D eigenvalue weighted by Crippen LogP contribution is 2.10. The van der Waals surface area contributed by atoms with E-state index in [0.29, 0.717) is 0 Å². The van der Waals surface area contributed by atoms with E-state index in [-0.39, 0.29) is 0 Å². The Bertz CT molecular complexity index is 294. The number of nitrogens with zero attached hydrogens (tertiary/aromatic N) is 1. The minimum atomic E-state index is 0.834. The van der Waals surface area contributed by atoms with Gasteiger partial charge in [0.15, 0.2) is 0 Å². The topological polar surface area (TPSA) is 24.9 Å². The summed E-state index contributed by atoms with van der Waals surface area (Å²) >= 11 is 7.25. The molecule has 0 atom stereocenters. The highest BCUT2D eigenvalue weighted by molar-refractivity contribution is 7.11. The summed E-state index contributed by atoms with van der Waals surface area (Å²) in [6, 6.07) is 0. The van der Waals surface area contributed by atoms with Crippen molar-refractivity contribution in [3.8, 4) is 0 Å². The van der Waals surface area contributed by atoms with Crippen molar-refractivity contribution in [2.24, 2.45) is 0 Å². The van der Waals surface area contributed by atoms with E-state index < -0.39 is 0 Å². The number of hydrogen-bond acceptors (Lipinski definition) is 3. The summed E-state index contributed by atoms with van der Waals surface area (Å²) in [5.74, 6) is 0. The molecule has 72 valence electrons. The molecular weight excluding hydrogens is 204 g/mol. The maximum atomic E-state index is 5.53. The summed E-state index contributed by atoms with van der Waals surface area (Å²) in [5, 5.41) is 4.40. The molecule has 13 heavy (non-hydrogen) atoms. The predicted octanol–water partition coefficient (Wildman–Crippen LogP) is 2.68. The van der Waals surface area contributed by atoms with Crippen LogP contribution in [0.1, 0.15) is 16.8 Å². The zero-order valence-electron chi connectivity index (χ0n) is 7.80. The molecule has 0 bridgehead atoms. The molecule has 1 aromatic heterocycles. The summed E-state index contributed by atoms with van der Waals surface area (Å²) in [4.78, 5) is 5.44. The lowest BCUT2D eigenvalue weighted by Gasteiger charge is -2.00. The molecule has 0 fully saturated rings. The van der Waals surface area contributed by atoms with Crippen molar-refractivity contribution in [3.63, 3.8) is 0 Å². The zero-order chi connectivity index (χ0) is 9.68. The van der Waals surface area contributed by atoms with Gasteiger partial charge in [0.25, 0.3) is 0 Å². The van der Waals surface area contributed by atoms with Crippen LogP contribution in [0.2, 0.25) is 0 Å². The van der Waals surface area contributed by atoms with Crippen LogP contribution in [0.3, 0.4) is 0 Å². The van der Waals surface area contributed by atoms with Gasteiger partial charge in [0.1, 0.15) is 0 Å². The zero-order valence-corrected chi connectivity index (χ0v) is 9.37. The summed E-state index contributed by atoms with van der Waals surface area (Å²) in [5.41, 5.74) is 2.74. The molecule has 0 saturated carbocycles. The lowest BCUT2D eigenvalue weighted by molar-refractivity contribution is 0.748. The summed E-state index contributed by atoms with van der Waals surface area (Å²) in [7, 11) is 0. The first-order valence-corrected chi connectivity index (χ1v) is 5.35. The lowest BCUT2D eigenvalue weighted by atomic mass is 10.3. The van der Waals surface area contributed by atoms with Gasteiger partial charge in [-0.3, -0.25) is 0 Å². The number of hydrogen-bond donors (Lipinski definition) is 1. The molecular formula is C9H13ClN2S. The third kappa shape index (κ3) is 3.89. The standard InChI is InChI=1S/C9H13ClN2S/c1-7(3-10)4-11-5-9-6-12-8(2)13-9/h3,6,11H,4-5H2,1-2H3. The molecule has 0 aliphatic carbocycles. The first-order valence-electron chi connectivity index (χ1n) is 4.10. The number of aryl methyl sites for hydroxylation is 1. The molecule has 1 rings (SSSR count). The number of halogens is 1. The molecule has 0 aliphatic heterocycles. The summed E-state index contributed by atoms with van der Waals surface area (Å²) < 4.78 is 0. The van der Waals surface area contributed by atoms with Gasteiger partial charge in [-0.1, -0.05) is 11.6 Å². The van der Waals surface area contributed by atoms with Crippen LogP contribution >= 0.6 is 22.9 Å². The van der Waals surface area contributed by atoms with Crippen LogP contribution in [-0.4, -0.2) is 11.5 Å². The van der Waals surface area contributed by atoms with Crippen LogP contribution in [0.4, 0.5) is 0 Å². The molecule has 0 aromatic carbocycles. The van der Waals surface area contributed by atoms with Crippen LogP contribution in [0.5, 0.6) is 0 Å². The van der Waals surface area contributed by atoms with Crippen molar-refractivity contribution < 1.29 is 0 Å². The van der Waals surface area contributed by atoms with Crippen molar-refractivity contribution >= 4 is 22.9 Å². The van der Waals surface area contributed by atoms with E-state index in [1.54, 1.807) is 16.9 Å². The molecule has 2 nitrogen and oxygen atoms in total. The van der Waals surface area contributed by atoms with Gasteiger partial charge >= 0.3 is 0 Å². The van der Waals surface area contributed by atoms with Gasteiger partial charge in [-0.15, -0.1) is 11.3 Å². The Morgan fingerprint density at radius 3 is 3.08 bits per heavy atom. The van der Waals surface area contributed by atoms with Crippen molar-refractivity contribution in [1.29, 1.82) is 0 Å². The largest absolute Gasteiger partial charge is 0.308 e. The van der Waals surface area contributed by atoms with E-state index in [1.807, 2.05) is 20.0 Å². The maximum absolute atomic E-state index is 5.53. The minimum absolute atomic E-state index is 0.834. The molecule has 1 heterocycles. The van der Waals surface area contributed by atoms with Crippen molar-refractivity contribution in [1.82, 2.24) is 10.3 Å². The molecule has 0 aliphatic rings. The normalized spacial score (nSPS) is 12.1. The average Bonchev–Trinajstić information content (AvgIpc) is 2.51. The third-order valence-corrected chi connectivity index (χ3v) is 2.84. The molecule has 0 unspecified atom stereocenters. The monoisotopic (exact) mass is 216 g/mol. The number of rotatable bonds is 4. The van der Waals surface area contributed by atoms with Crippen molar-refractivity contribution in [2.45, 2.75) is 20.4 Å². The van der Waals surface area contributed by atoms with Gasteiger partial charge < -0.3 is 5.32 Å². The van der Waals surface area contributed by atoms with E-state index in [2.05, 4.69) is 10.3 Å². The Morgan fingerprint density at radius 2 is 2.54 bits per heavy atom. The summed E-state index contributed by atoms with van der Waals surface area (Å²) in [6.07, 6.45) is 1.91. The predicted molar refractivity (Wildman–Crippen MR) is 58.2 cm³/mol. The molecule has 4 heteroatoms. The van der Waals surface area contributed by atoms with Gasteiger partial charge in [-0.05, 0) is 19.4 Å². The van der Waals surface area contributed by atoms with Gasteiger partial charge in [-0.25, -0.2) is 4.98 Å². The van der Waals surface area contributed by atoms with E-state index in [9.17, 15) is 0 Å². The third-order valence-electron chi connectivity index (χ3n) is 1.56. The second-order valence-corrected chi connectivity index (χ2v) is 4.44. The van der Waals surface area contributed by atoms with E-state index in [0.717, 1.165) is 23.7 Å². The van der Waals surface area contributed by atoms with E-state index in [4.69, 9.17) is 11.6 Å². The second kappa shape index (κ2) is 5.37. The first-order chi connectivity index (χ1) is 6.22. The fraction of sp³-hybridized carbons (Fsp3) is 0.444. The molecule has 1 aromatic rings. The Labute approximate surface area is 87.6 Å². The van der Waals surface area contributed by atoms with Crippen molar-refractivity contribution in [3.05, 3.63) is 27.2 Å². The molecule has 0 radical (unpaired) electrons. The fourth-order valence-corrected chi connectivity index (χ4v) is 1.75. The Kier molecular flexibility index (Phi) is 4.42. The smallest absolute Gasteiger partial charge is 0.0897 e. The number of aromatic nitrogens is 1. The second-order valence-electron chi connectivity index (χ2n) is 2.90. The highest BCUT2D eigenvalue weighted by atomic mass is 35.5. The fourth-order valence-electron chi connectivity index (χ4n) is 0.908. The number of thiazole rings is 1.